The number of hydrogen-bond donors (Lipinski definition) is 1. The number of rotatable bonds is 3. The molecule has 1 fully saturated rings. The van der Waals surface area contributed by atoms with Gasteiger partial charge in [0.1, 0.15) is 0 Å². The summed E-state index contributed by atoms with van der Waals surface area (Å²) in [6.45, 7) is 6.26. The molecule has 0 aliphatic carbocycles. The Morgan fingerprint density at radius 1 is 1.64 bits per heavy atom. The van der Waals surface area contributed by atoms with Crippen LogP contribution in [0, 0.1) is 5.92 Å². The highest BCUT2D eigenvalue weighted by molar-refractivity contribution is 7.85. The van der Waals surface area contributed by atoms with E-state index in [0.717, 1.165) is 25.3 Å². The molecule has 1 aliphatic heterocycles. The maximum atomic E-state index is 11.5. The van der Waals surface area contributed by atoms with Crippen LogP contribution in [-0.2, 0) is 10.8 Å². The van der Waals surface area contributed by atoms with Crippen molar-refractivity contribution in [2.75, 3.05) is 18.8 Å². The molecule has 0 aromatic rings. The van der Waals surface area contributed by atoms with Crippen molar-refractivity contribution in [2.24, 2.45) is 5.92 Å². The van der Waals surface area contributed by atoms with Crippen molar-refractivity contribution < 1.29 is 4.21 Å². The molecule has 0 radical (unpaired) electrons. The second-order valence-electron chi connectivity index (χ2n) is 3.56. The monoisotopic (exact) mass is 175 g/mol. The molecule has 66 valence electrons. The molecule has 1 aliphatic rings. The Hall–Kier alpha value is 0.110. The van der Waals surface area contributed by atoms with Gasteiger partial charge in [0.15, 0.2) is 0 Å². The SMILES string of the molecule is CC(C)CS(=O)C1CCNC1. The third-order valence-electron chi connectivity index (χ3n) is 1.88. The van der Waals surface area contributed by atoms with E-state index in [2.05, 4.69) is 19.2 Å². The predicted octanol–water partition coefficient (Wildman–Crippen LogP) is 0.753. The zero-order valence-electron chi connectivity index (χ0n) is 7.30. The van der Waals surface area contributed by atoms with E-state index >= 15 is 0 Å². The average Bonchev–Trinajstić information content (AvgIpc) is 2.35. The molecule has 2 unspecified atom stereocenters. The van der Waals surface area contributed by atoms with Crippen LogP contribution < -0.4 is 5.32 Å². The van der Waals surface area contributed by atoms with Gasteiger partial charge in [0.05, 0.1) is 0 Å². The third-order valence-corrected chi connectivity index (χ3v) is 4.03. The highest BCUT2D eigenvalue weighted by Crippen LogP contribution is 2.09. The molecule has 0 amide bonds. The fourth-order valence-corrected chi connectivity index (χ4v) is 2.93. The van der Waals surface area contributed by atoms with Crippen molar-refractivity contribution in [2.45, 2.75) is 25.5 Å². The smallest absolute Gasteiger partial charge is 0.0484 e. The first kappa shape index (κ1) is 9.20. The van der Waals surface area contributed by atoms with Gasteiger partial charge < -0.3 is 5.32 Å². The van der Waals surface area contributed by atoms with Crippen LogP contribution in [0.4, 0.5) is 0 Å². The van der Waals surface area contributed by atoms with Gasteiger partial charge in [0, 0.05) is 28.3 Å². The molecule has 3 heteroatoms. The summed E-state index contributed by atoms with van der Waals surface area (Å²) in [5.41, 5.74) is 0. The van der Waals surface area contributed by atoms with Gasteiger partial charge in [0.2, 0.25) is 0 Å². The van der Waals surface area contributed by atoms with E-state index in [1.807, 2.05) is 0 Å². The standard InChI is InChI=1S/C8H17NOS/c1-7(2)6-11(10)8-3-4-9-5-8/h7-9H,3-6H2,1-2H3. The van der Waals surface area contributed by atoms with E-state index in [9.17, 15) is 4.21 Å². The van der Waals surface area contributed by atoms with E-state index in [-0.39, 0.29) is 0 Å². The summed E-state index contributed by atoms with van der Waals surface area (Å²) in [4.78, 5) is 0. The molecule has 1 N–H and O–H groups in total. The summed E-state index contributed by atoms with van der Waals surface area (Å²) < 4.78 is 11.5. The van der Waals surface area contributed by atoms with Crippen molar-refractivity contribution in [3.8, 4) is 0 Å². The minimum Gasteiger partial charge on any atom is -0.315 e. The largest absolute Gasteiger partial charge is 0.315 e. The van der Waals surface area contributed by atoms with Crippen LogP contribution in [0.1, 0.15) is 20.3 Å². The summed E-state index contributed by atoms with van der Waals surface area (Å²) >= 11 is 0. The summed E-state index contributed by atoms with van der Waals surface area (Å²) in [6.07, 6.45) is 1.10. The highest BCUT2D eigenvalue weighted by Gasteiger charge is 2.20. The van der Waals surface area contributed by atoms with E-state index in [1.54, 1.807) is 0 Å². The van der Waals surface area contributed by atoms with Gasteiger partial charge in [-0.1, -0.05) is 13.8 Å². The van der Waals surface area contributed by atoms with Crippen molar-refractivity contribution in [1.29, 1.82) is 0 Å². The van der Waals surface area contributed by atoms with Gasteiger partial charge in [-0.15, -0.1) is 0 Å². The molecule has 2 atom stereocenters. The summed E-state index contributed by atoms with van der Waals surface area (Å²) in [5, 5.41) is 3.66. The van der Waals surface area contributed by atoms with Gasteiger partial charge >= 0.3 is 0 Å². The lowest BCUT2D eigenvalue weighted by Gasteiger charge is -2.09. The molecule has 0 spiro atoms. The van der Waals surface area contributed by atoms with E-state index < -0.39 is 10.8 Å². The Morgan fingerprint density at radius 3 is 2.82 bits per heavy atom. The molecule has 1 saturated heterocycles. The Bertz CT molecular complexity index is 141. The zero-order valence-corrected chi connectivity index (χ0v) is 8.12. The van der Waals surface area contributed by atoms with Crippen molar-refractivity contribution in [1.82, 2.24) is 5.32 Å². The molecule has 0 saturated carbocycles. The lowest BCUT2D eigenvalue weighted by atomic mass is 10.3. The van der Waals surface area contributed by atoms with Crippen LogP contribution in [0.15, 0.2) is 0 Å². The average molecular weight is 175 g/mol. The first-order valence-electron chi connectivity index (χ1n) is 4.28. The van der Waals surface area contributed by atoms with Gasteiger partial charge in [0.25, 0.3) is 0 Å². The van der Waals surface area contributed by atoms with Crippen LogP contribution in [0.3, 0.4) is 0 Å². The van der Waals surface area contributed by atoms with Gasteiger partial charge in [-0.05, 0) is 18.9 Å². The van der Waals surface area contributed by atoms with Gasteiger partial charge in [-0.3, -0.25) is 4.21 Å². The van der Waals surface area contributed by atoms with Crippen LogP contribution >= 0.6 is 0 Å². The lowest BCUT2D eigenvalue weighted by Crippen LogP contribution is -2.22. The van der Waals surface area contributed by atoms with Gasteiger partial charge in [-0.25, -0.2) is 0 Å². The second-order valence-corrected chi connectivity index (χ2v) is 5.32. The zero-order chi connectivity index (χ0) is 8.27. The Morgan fingerprint density at radius 2 is 2.36 bits per heavy atom. The van der Waals surface area contributed by atoms with Crippen LogP contribution in [-0.4, -0.2) is 28.3 Å². The third kappa shape index (κ3) is 2.91. The number of nitrogens with one attached hydrogen (secondary N) is 1. The van der Waals surface area contributed by atoms with Crippen molar-refractivity contribution >= 4 is 10.8 Å². The maximum Gasteiger partial charge on any atom is 0.0484 e. The van der Waals surface area contributed by atoms with Crippen molar-refractivity contribution in [3.05, 3.63) is 0 Å². The van der Waals surface area contributed by atoms with Crippen molar-refractivity contribution in [3.63, 3.8) is 0 Å². The summed E-state index contributed by atoms with van der Waals surface area (Å²) in [6, 6.07) is 0. The fraction of sp³-hybridized carbons (Fsp3) is 1.00. The first-order chi connectivity index (χ1) is 5.20. The molecule has 0 bridgehead atoms. The quantitative estimate of drug-likeness (QED) is 0.686. The van der Waals surface area contributed by atoms with E-state index in [4.69, 9.17) is 0 Å². The summed E-state index contributed by atoms with van der Waals surface area (Å²) in [7, 11) is -0.588. The second kappa shape index (κ2) is 4.21. The molecule has 1 heterocycles. The van der Waals surface area contributed by atoms with E-state index in [0.29, 0.717) is 11.2 Å². The molecular weight excluding hydrogens is 158 g/mol. The van der Waals surface area contributed by atoms with E-state index in [1.165, 1.54) is 0 Å². The lowest BCUT2D eigenvalue weighted by molar-refractivity contribution is 0.654. The molecule has 0 aromatic heterocycles. The van der Waals surface area contributed by atoms with Crippen LogP contribution in [0.5, 0.6) is 0 Å². The number of hydrogen-bond acceptors (Lipinski definition) is 2. The minimum atomic E-state index is -0.588. The minimum absolute atomic E-state index is 0.428. The Labute approximate surface area is 71.2 Å². The maximum absolute atomic E-state index is 11.5. The molecule has 2 nitrogen and oxygen atoms in total. The Balaban J connectivity index is 2.28. The fourth-order valence-electron chi connectivity index (χ4n) is 1.32. The predicted molar refractivity (Wildman–Crippen MR) is 49.1 cm³/mol. The van der Waals surface area contributed by atoms with Gasteiger partial charge in [-0.2, -0.15) is 0 Å². The molecular formula is C8H17NOS. The van der Waals surface area contributed by atoms with Crippen LogP contribution in [0.2, 0.25) is 0 Å². The topological polar surface area (TPSA) is 29.1 Å². The Kier molecular flexibility index (Phi) is 3.52. The molecule has 0 aromatic carbocycles. The molecule has 1 rings (SSSR count). The highest BCUT2D eigenvalue weighted by atomic mass is 32.2. The summed E-state index contributed by atoms with van der Waals surface area (Å²) in [5.74, 6) is 1.43. The van der Waals surface area contributed by atoms with Crippen LogP contribution in [0.25, 0.3) is 0 Å². The molecule has 11 heavy (non-hydrogen) atoms. The first-order valence-corrected chi connectivity index (χ1v) is 5.66. The normalized spacial score (nSPS) is 27.7.